The molecule has 3 N–H and O–H groups in total. The molecule has 132 valence electrons. The highest BCUT2D eigenvalue weighted by Gasteiger charge is 2.20. The molecule has 1 aliphatic rings. The maximum Gasteiger partial charge on any atom is 0.319 e. The van der Waals surface area contributed by atoms with E-state index in [0.29, 0.717) is 17.9 Å². The molecule has 0 spiro atoms. The Kier molecular flexibility index (Phi) is 7.09. The predicted octanol–water partition coefficient (Wildman–Crippen LogP) is 4.47. The summed E-state index contributed by atoms with van der Waals surface area (Å²) in [7, 11) is 1.50. The van der Waals surface area contributed by atoms with Crippen LogP contribution in [0.15, 0.2) is 18.2 Å². The van der Waals surface area contributed by atoms with Crippen molar-refractivity contribution in [3.8, 4) is 5.75 Å². The number of aromatic hydroxyl groups is 1. The summed E-state index contributed by atoms with van der Waals surface area (Å²) in [6.45, 7) is 0. The molecule has 0 radical (unpaired) electrons. The van der Waals surface area contributed by atoms with Crippen molar-refractivity contribution < 1.29 is 14.7 Å². The van der Waals surface area contributed by atoms with Crippen molar-refractivity contribution in [3.63, 3.8) is 0 Å². The Labute approximate surface area is 143 Å². The molecule has 1 aromatic rings. The fourth-order valence-electron chi connectivity index (χ4n) is 3.35. The van der Waals surface area contributed by atoms with Crippen LogP contribution in [0.25, 0.3) is 0 Å². The number of carbonyl (C=O) groups excluding carboxylic acids is 2. The molecular weight excluding hydrogens is 304 g/mol. The predicted molar refractivity (Wildman–Crippen MR) is 95.6 cm³/mol. The van der Waals surface area contributed by atoms with Crippen LogP contribution in [-0.2, 0) is 0 Å². The number of urea groups is 1. The second kappa shape index (κ2) is 9.30. The zero-order valence-electron chi connectivity index (χ0n) is 14.4. The fraction of sp³-hybridized carbons (Fsp3) is 0.579. The lowest BCUT2D eigenvalue weighted by atomic mass is 9.89. The van der Waals surface area contributed by atoms with Gasteiger partial charge in [-0.3, -0.25) is 4.79 Å². The first-order chi connectivity index (χ1) is 11.6. The molecule has 0 heterocycles. The largest absolute Gasteiger partial charge is 0.505 e. The molecule has 1 aliphatic carbocycles. The topological polar surface area (TPSA) is 78.4 Å². The smallest absolute Gasteiger partial charge is 0.319 e. The second-order valence-electron chi connectivity index (χ2n) is 6.60. The van der Waals surface area contributed by atoms with Gasteiger partial charge in [0.05, 0.1) is 11.3 Å². The monoisotopic (exact) mass is 332 g/mol. The van der Waals surface area contributed by atoms with E-state index in [1.807, 2.05) is 0 Å². The molecule has 0 aliphatic heterocycles. The molecule has 0 atom stereocenters. The Morgan fingerprint density at radius 1 is 1.08 bits per heavy atom. The van der Waals surface area contributed by atoms with E-state index >= 15 is 0 Å². The Bertz CT molecular complexity index is 562. The molecule has 0 bridgehead atoms. The minimum atomic E-state index is -0.425. The SMILES string of the molecule is CNC(=O)Nc1cccc(C(=O)CC2CCCCCCCC2)c1O. The fourth-order valence-corrected chi connectivity index (χ4v) is 3.35. The van der Waals surface area contributed by atoms with Crippen LogP contribution in [0, 0.1) is 5.92 Å². The Morgan fingerprint density at radius 3 is 2.33 bits per heavy atom. The summed E-state index contributed by atoms with van der Waals surface area (Å²) >= 11 is 0. The summed E-state index contributed by atoms with van der Waals surface area (Å²) in [5.74, 6) is 0.206. The van der Waals surface area contributed by atoms with E-state index in [4.69, 9.17) is 0 Å². The van der Waals surface area contributed by atoms with E-state index in [9.17, 15) is 14.7 Å². The number of ketones is 1. The first-order valence-electron chi connectivity index (χ1n) is 8.95. The van der Waals surface area contributed by atoms with Gasteiger partial charge in [-0.1, -0.05) is 57.4 Å². The summed E-state index contributed by atoms with van der Waals surface area (Å²) in [6, 6.07) is 4.47. The normalized spacial score (nSPS) is 16.5. The third-order valence-electron chi connectivity index (χ3n) is 4.76. The standard InChI is InChI=1S/C19H28N2O3/c1-20-19(24)21-16-12-8-11-15(18(16)23)17(22)13-14-9-6-4-2-3-5-7-10-14/h8,11-12,14,23H,2-7,9-10,13H2,1H3,(H2,20,21,24). The van der Waals surface area contributed by atoms with Gasteiger partial charge in [-0.15, -0.1) is 0 Å². The number of carbonyl (C=O) groups is 2. The van der Waals surface area contributed by atoms with Crippen molar-refractivity contribution >= 4 is 17.5 Å². The average molecular weight is 332 g/mol. The first kappa shape index (κ1) is 18.3. The van der Waals surface area contributed by atoms with E-state index in [-0.39, 0.29) is 17.2 Å². The van der Waals surface area contributed by atoms with Crippen LogP contribution in [0.2, 0.25) is 0 Å². The van der Waals surface area contributed by atoms with Gasteiger partial charge >= 0.3 is 6.03 Å². The molecule has 24 heavy (non-hydrogen) atoms. The Hall–Kier alpha value is -2.04. The number of amides is 2. The van der Waals surface area contributed by atoms with Crippen LogP contribution in [0.5, 0.6) is 5.75 Å². The van der Waals surface area contributed by atoms with Gasteiger partial charge in [0.2, 0.25) is 0 Å². The molecule has 5 nitrogen and oxygen atoms in total. The van der Waals surface area contributed by atoms with Gasteiger partial charge in [-0.2, -0.15) is 0 Å². The van der Waals surface area contributed by atoms with Crippen LogP contribution >= 0.6 is 0 Å². The lowest BCUT2D eigenvalue weighted by molar-refractivity contribution is 0.0953. The van der Waals surface area contributed by atoms with Crippen LogP contribution in [-0.4, -0.2) is 24.0 Å². The van der Waals surface area contributed by atoms with Crippen molar-refractivity contribution in [2.45, 2.75) is 57.8 Å². The lowest BCUT2D eigenvalue weighted by Gasteiger charge is -2.16. The zero-order chi connectivity index (χ0) is 17.4. The van der Waals surface area contributed by atoms with Crippen LogP contribution in [0.1, 0.15) is 68.1 Å². The van der Waals surface area contributed by atoms with Crippen LogP contribution in [0.3, 0.4) is 0 Å². The van der Waals surface area contributed by atoms with Gasteiger partial charge in [0.25, 0.3) is 0 Å². The number of rotatable bonds is 4. The van der Waals surface area contributed by atoms with Gasteiger partial charge in [-0.25, -0.2) is 4.79 Å². The van der Waals surface area contributed by atoms with Gasteiger partial charge in [0, 0.05) is 13.5 Å². The van der Waals surface area contributed by atoms with Crippen molar-refractivity contribution in [2.75, 3.05) is 12.4 Å². The number of hydrogen-bond acceptors (Lipinski definition) is 3. The maximum absolute atomic E-state index is 12.6. The van der Waals surface area contributed by atoms with Crippen LogP contribution < -0.4 is 10.6 Å². The van der Waals surface area contributed by atoms with Crippen molar-refractivity contribution in [1.29, 1.82) is 0 Å². The highest BCUT2D eigenvalue weighted by atomic mass is 16.3. The lowest BCUT2D eigenvalue weighted by Crippen LogP contribution is -2.24. The molecule has 0 saturated heterocycles. The molecule has 5 heteroatoms. The van der Waals surface area contributed by atoms with Gasteiger partial charge in [0.1, 0.15) is 5.75 Å². The highest BCUT2D eigenvalue weighted by Crippen LogP contribution is 2.31. The third-order valence-corrected chi connectivity index (χ3v) is 4.76. The Balaban J connectivity index is 2.05. The maximum atomic E-state index is 12.6. The van der Waals surface area contributed by atoms with Gasteiger partial charge in [-0.05, 0) is 18.1 Å². The number of Topliss-reactive ketones (excluding diaryl/α,β-unsaturated/α-hetero) is 1. The summed E-state index contributed by atoms with van der Waals surface area (Å²) in [5.41, 5.74) is 0.554. The zero-order valence-corrected chi connectivity index (χ0v) is 14.4. The number of benzene rings is 1. The van der Waals surface area contributed by atoms with Crippen molar-refractivity contribution in [1.82, 2.24) is 5.32 Å². The number of phenols is 1. The third kappa shape index (κ3) is 5.25. The van der Waals surface area contributed by atoms with Crippen molar-refractivity contribution in [3.05, 3.63) is 23.8 Å². The molecule has 1 fully saturated rings. The van der Waals surface area contributed by atoms with E-state index in [0.717, 1.165) is 12.8 Å². The second-order valence-corrected chi connectivity index (χ2v) is 6.60. The molecule has 0 aromatic heterocycles. The van der Waals surface area contributed by atoms with Crippen LogP contribution in [0.4, 0.5) is 10.5 Å². The molecule has 0 unspecified atom stereocenters. The summed E-state index contributed by atoms with van der Waals surface area (Å²) < 4.78 is 0. The van der Waals surface area contributed by atoms with E-state index < -0.39 is 6.03 Å². The average Bonchev–Trinajstić information content (AvgIpc) is 2.70. The molecule has 2 rings (SSSR count). The van der Waals surface area contributed by atoms with E-state index in [1.54, 1.807) is 18.2 Å². The molecule has 1 aromatic carbocycles. The highest BCUT2D eigenvalue weighted by molar-refractivity contribution is 6.02. The number of anilines is 1. The van der Waals surface area contributed by atoms with E-state index in [1.165, 1.54) is 45.6 Å². The number of hydrogen-bond donors (Lipinski definition) is 3. The minimum absolute atomic E-state index is 0.0442. The van der Waals surface area contributed by atoms with Gasteiger partial charge < -0.3 is 15.7 Å². The number of para-hydroxylation sites is 1. The Morgan fingerprint density at radius 2 is 1.71 bits per heavy atom. The first-order valence-corrected chi connectivity index (χ1v) is 8.95. The molecular formula is C19H28N2O3. The number of phenolic OH excluding ortho intramolecular Hbond substituents is 1. The number of nitrogens with one attached hydrogen (secondary N) is 2. The molecule has 2 amide bonds. The summed E-state index contributed by atoms with van der Waals surface area (Å²) in [6.07, 6.45) is 10.1. The quantitative estimate of drug-likeness (QED) is 0.562. The summed E-state index contributed by atoms with van der Waals surface area (Å²) in [4.78, 5) is 24.1. The van der Waals surface area contributed by atoms with Gasteiger partial charge in [0.15, 0.2) is 5.78 Å². The minimum Gasteiger partial charge on any atom is -0.505 e. The van der Waals surface area contributed by atoms with E-state index in [2.05, 4.69) is 10.6 Å². The summed E-state index contributed by atoms with van der Waals surface area (Å²) in [5, 5.41) is 15.3. The van der Waals surface area contributed by atoms with Crippen molar-refractivity contribution in [2.24, 2.45) is 5.92 Å². The molecule has 1 saturated carbocycles.